The highest BCUT2D eigenvalue weighted by Crippen LogP contribution is 2.27. The number of nitrogens with one attached hydrogen (secondary N) is 1. The van der Waals surface area contributed by atoms with Crippen molar-refractivity contribution in [1.82, 2.24) is 5.32 Å². The second-order valence-corrected chi connectivity index (χ2v) is 9.76. The van der Waals surface area contributed by atoms with E-state index in [1.165, 1.54) is 7.11 Å². The minimum absolute atomic E-state index is 0.257. The molecule has 0 aliphatic heterocycles. The maximum Gasteiger partial charge on any atom is 0.244 e. The van der Waals surface area contributed by atoms with Gasteiger partial charge in [-0.05, 0) is 49.1 Å². The standard InChI is InChI=1S/C23H32N2O5S/c1-16(2)14-22(18-10-12-20(29-4)13-11-18)24-23(26)17(3)25(31(6,27)28)19-8-7-9-21(15-19)30-5/h7-13,15-17,22H,14H2,1-6H3,(H,24,26). The van der Waals surface area contributed by atoms with Crippen LogP contribution >= 0.6 is 0 Å². The molecule has 0 saturated heterocycles. The topological polar surface area (TPSA) is 84.9 Å². The number of amides is 1. The molecule has 0 radical (unpaired) electrons. The van der Waals surface area contributed by atoms with Gasteiger partial charge in [-0.15, -0.1) is 0 Å². The first-order valence-electron chi connectivity index (χ1n) is 10.1. The summed E-state index contributed by atoms with van der Waals surface area (Å²) in [6.07, 6.45) is 1.80. The van der Waals surface area contributed by atoms with Crippen LogP contribution < -0.4 is 19.1 Å². The van der Waals surface area contributed by atoms with Crippen molar-refractivity contribution >= 4 is 21.6 Å². The maximum absolute atomic E-state index is 13.2. The van der Waals surface area contributed by atoms with Crippen LogP contribution in [0.15, 0.2) is 48.5 Å². The van der Waals surface area contributed by atoms with Crippen LogP contribution in [0.5, 0.6) is 11.5 Å². The van der Waals surface area contributed by atoms with Crippen molar-refractivity contribution in [2.75, 3.05) is 24.8 Å². The average molecular weight is 449 g/mol. The molecule has 0 bridgehead atoms. The summed E-state index contributed by atoms with van der Waals surface area (Å²) in [5, 5.41) is 3.04. The van der Waals surface area contributed by atoms with E-state index < -0.39 is 16.1 Å². The summed E-state index contributed by atoms with van der Waals surface area (Å²) in [7, 11) is -0.614. The SMILES string of the molecule is COc1ccc(C(CC(C)C)NC(=O)C(C)N(c2cccc(OC)c2)S(C)(=O)=O)cc1. The molecule has 0 heterocycles. The van der Waals surface area contributed by atoms with Crippen LogP contribution in [0.25, 0.3) is 0 Å². The third-order valence-corrected chi connectivity index (χ3v) is 6.18. The molecule has 1 N–H and O–H groups in total. The normalized spacial score (nSPS) is 13.4. The molecule has 8 heteroatoms. The van der Waals surface area contributed by atoms with Crippen LogP contribution in [-0.2, 0) is 14.8 Å². The quantitative estimate of drug-likeness (QED) is 0.598. The van der Waals surface area contributed by atoms with Crippen molar-refractivity contribution in [1.29, 1.82) is 0 Å². The van der Waals surface area contributed by atoms with Gasteiger partial charge >= 0.3 is 0 Å². The Morgan fingerprint density at radius 2 is 1.61 bits per heavy atom. The highest BCUT2D eigenvalue weighted by Gasteiger charge is 2.31. The molecule has 0 aliphatic carbocycles. The van der Waals surface area contributed by atoms with Crippen molar-refractivity contribution in [2.24, 2.45) is 5.92 Å². The van der Waals surface area contributed by atoms with Gasteiger partial charge in [0, 0.05) is 6.07 Å². The number of anilines is 1. The highest BCUT2D eigenvalue weighted by atomic mass is 32.2. The Bertz CT molecular complexity index is 974. The Kier molecular flexibility index (Phi) is 8.33. The fourth-order valence-corrected chi connectivity index (χ4v) is 4.60. The third-order valence-electron chi connectivity index (χ3n) is 4.94. The lowest BCUT2D eigenvalue weighted by atomic mass is 9.96. The number of ether oxygens (including phenoxy) is 2. The number of carbonyl (C=O) groups excluding carboxylic acids is 1. The summed E-state index contributed by atoms with van der Waals surface area (Å²) < 4.78 is 36.7. The monoisotopic (exact) mass is 448 g/mol. The van der Waals surface area contributed by atoms with Gasteiger partial charge in [-0.3, -0.25) is 9.10 Å². The van der Waals surface area contributed by atoms with Gasteiger partial charge in [0.05, 0.1) is 32.2 Å². The summed E-state index contributed by atoms with van der Waals surface area (Å²) in [6.45, 7) is 5.73. The van der Waals surface area contributed by atoms with E-state index in [0.717, 1.165) is 21.9 Å². The summed E-state index contributed by atoms with van der Waals surface area (Å²) in [5.41, 5.74) is 1.30. The smallest absolute Gasteiger partial charge is 0.244 e. The van der Waals surface area contributed by atoms with Crippen molar-refractivity contribution in [3.05, 3.63) is 54.1 Å². The van der Waals surface area contributed by atoms with Gasteiger partial charge in [-0.2, -0.15) is 0 Å². The van der Waals surface area contributed by atoms with Gasteiger partial charge < -0.3 is 14.8 Å². The highest BCUT2D eigenvalue weighted by molar-refractivity contribution is 7.92. The molecular weight excluding hydrogens is 416 g/mol. The lowest BCUT2D eigenvalue weighted by molar-refractivity contribution is -0.122. The first kappa shape index (κ1) is 24.5. The number of sulfonamides is 1. The fourth-order valence-electron chi connectivity index (χ4n) is 3.43. The number of hydrogen-bond acceptors (Lipinski definition) is 5. The average Bonchev–Trinajstić information content (AvgIpc) is 2.72. The van der Waals surface area contributed by atoms with E-state index in [1.807, 2.05) is 24.3 Å². The second-order valence-electron chi connectivity index (χ2n) is 7.90. The molecule has 0 aromatic heterocycles. The minimum atomic E-state index is -3.72. The van der Waals surface area contributed by atoms with E-state index in [2.05, 4.69) is 19.2 Å². The van der Waals surface area contributed by atoms with E-state index >= 15 is 0 Å². The van der Waals surface area contributed by atoms with Crippen molar-refractivity contribution in [2.45, 2.75) is 39.3 Å². The number of nitrogens with zero attached hydrogens (tertiary/aromatic N) is 1. The van der Waals surface area contributed by atoms with Crippen LogP contribution in [0, 0.1) is 5.92 Å². The van der Waals surface area contributed by atoms with Crippen molar-refractivity contribution < 1.29 is 22.7 Å². The fraction of sp³-hybridized carbons (Fsp3) is 0.435. The van der Waals surface area contributed by atoms with E-state index in [9.17, 15) is 13.2 Å². The Labute approximate surface area is 185 Å². The molecule has 0 saturated carbocycles. The van der Waals surface area contributed by atoms with E-state index in [-0.39, 0.29) is 11.9 Å². The van der Waals surface area contributed by atoms with Gasteiger partial charge in [0.25, 0.3) is 0 Å². The van der Waals surface area contributed by atoms with Crippen molar-refractivity contribution in [3.8, 4) is 11.5 Å². The first-order chi connectivity index (χ1) is 14.6. The summed E-state index contributed by atoms with van der Waals surface area (Å²) in [4.78, 5) is 13.2. The van der Waals surface area contributed by atoms with Gasteiger partial charge in [-0.1, -0.05) is 32.0 Å². The minimum Gasteiger partial charge on any atom is -0.497 e. The summed E-state index contributed by atoms with van der Waals surface area (Å²) in [6, 6.07) is 13.0. The molecule has 2 unspecified atom stereocenters. The predicted molar refractivity (Wildman–Crippen MR) is 123 cm³/mol. The Hall–Kier alpha value is -2.74. The molecule has 0 spiro atoms. The molecule has 0 aliphatic rings. The third kappa shape index (κ3) is 6.62. The molecule has 0 fully saturated rings. The zero-order valence-electron chi connectivity index (χ0n) is 19.0. The number of hydrogen-bond donors (Lipinski definition) is 1. The van der Waals surface area contributed by atoms with E-state index in [4.69, 9.17) is 9.47 Å². The second kappa shape index (κ2) is 10.5. The van der Waals surface area contributed by atoms with Crippen LogP contribution in [-0.4, -0.2) is 40.8 Å². The summed E-state index contributed by atoms with van der Waals surface area (Å²) in [5.74, 6) is 1.18. The number of rotatable bonds is 10. The van der Waals surface area contributed by atoms with Crippen LogP contribution in [0.4, 0.5) is 5.69 Å². The molecular formula is C23H32N2O5S. The molecule has 170 valence electrons. The zero-order valence-corrected chi connectivity index (χ0v) is 19.8. The van der Waals surface area contributed by atoms with Gasteiger partial charge in [0.1, 0.15) is 17.5 Å². The Morgan fingerprint density at radius 1 is 1.00 bits per heavy atom. The van der Waals surface area contributed by atoms with Crippen LogP contribution in [0.1, 0.15) is 38.8 Å². The first-order valence-corrected chi connectivity index (χ1v) is 12.0. The molecule has 2 aromatic rings. The number of benzene rings is 2. The molecule has 2 aromatic carbocycles. The predicted octanol–water partition coefficient (Wildman–Crippen LogP) is 3.76. The lowest BCUT2D eigenvalue weighted by Gasteiger charge is -2.30. The Morgan fingerprint density at radius 3 is 2.13 bits per heavy atom. The molecule has 1 amide bonds. The van der Waals surface area contributed by atoms with E-state index in [0.29, 0.717) is 23.8 Å². The molecule has 31 heavy (non-hydrogen) atoms. The molecule has 2 rings (SSSR count). The summed E-state index contributed by atoms with van der Waals surface area (Å²) >= 11 is 0. The molecule has 2 atom stereocenters. The Balaban J connectivity index is 2.32. The van der Waals surface area contributed by atoms with Crippen molar-refractivity contribution in [3.63, 3.8) is 0 Å². The molecule has 7 nitrogen and oxygen atoms in total. The largest absolute Gasteiger partial charge is 0.497 e. The van der Waals surface area contributed by atoms with Crippen LogP contribution in [0.3, 0.4) is 0 Å². The maximum atomic E-state index is 13.2. The zero-order chi connectivity index (χ0) is 23.2. The van der Waals surface area contributed by atoms with Crippen LogP contribution in [0.2, 0.25) is 0 Å². The number of methoxy groups -OCH3 is 2. The number of carbonyl (C=O) groups is 1. The lowest BCUT2D eigenvalue weighted by Crippen LogP contribution is -2.48. The van der Waals surface area contributed by atoms with Gasteiger partial charge in [0.15, 0.2) is 0 Å². The van der Waals surface area contributed by atoms with Gasteiger partial charge in [0.2, 0.25) is 15.9 Å². The van der Waals surface area contributed by atoms with Gasteiger partial charge in [-0.25, -0.2) is 8.42 Å². The van der Waals surface area contributed by atoms with E-state index in [1.54, 1.807) is 38.3 Å².